The fourth-order valence-corrected chi connectivity index (χ4v) is 1.46. The van der Waals surface area contributed by atoms with Crippen LogP contribution in [0, 0.1) is 0 Å². The van der Waals surface area contributed by atoms with Crippen molar-refractivity contribution >= 4 is 5.82 Å². The minimum Gasteiger partial charge on any atom is -0.396 e. The summed E-state index contributed by atoms with van der Waals surface area (Å²) in [5.41, 5.74) is 6.59. The normalized spacial score (nSPS) is 10.9. The SMILES string of the molecule is CCN(CCCO)Cc1cccc(N)n1. The summed E-state index contributed by atoms with van der Waals surface area (Å²) >= 11 is 0. The molecular weight excluding hydrogens is 190 g/mol. The number of aromatic nitrogens is 1. The van der Waals surface area contributed by atoms with Gasteiger partial charge in [-0.15, -0.1) is 0 Å². The molecular formula is C11H19N3O. The molecule has 0 aliphatic carbocycles. The van der Waals surface area contributed by atoms with Crippen LogP contribution in [0.25, 0.3) is 0 Å². The van der Waals surface area contributed by atoms with Crippen molar-refractivity contribution in [1.29, 1.82) is 0 Å². The first kappa shape index (κ1) is 11.9. The molecule has 0 unspecified atom stereocenters. The van der Waals surface area contributed by atoms with Crippen LogP contribution in [0.5, 0.6) is 0 Å². The van der Waals surface area contributed by atoms with Crippen LogP contribution in [0.4, 0.5) is 5.82 Å². The Morgan fingerprint density at radius 3 is 2.87 bits per heavy atom. The number of nitrogens with zero attached hydrogens (tertiary/aromatic N) is 2. The predicted molar refractivity (Wildman–Crippen MR) is 61.3 cm³/mol. The highest BCUT2D eigenvalue weighted by Gasteiger charge is 2.04. The monoisotopic (exact) mass is 209 g/mol. The summed E-state index contributed by atoms with van der Waals surface area (Å²) in [6.45, 7) is 4.98. The molecule has 0 aliphatic rings. The predicted octanol–water partition coefficient (Wildman–Crippen LogP) is 0.868. The number of aliphatic hydroxyl groups is 1. The van der Waals surface area contributed by atoms with Crippen molar-refractivity contribution < 1.29 is 5.11 Å². The van der Waals surface area contributed by atoms with E-state index in [-0.39, 0.29) is 6.61 Å². The number of hydrogen-bond acceptors (Lipinski definition) is 4. The molecule has 0 saturated carbocycles. The van der Waals surface area contributed by atoms with Crippen LogP contribution < -0.4 is 5.73 Å². The summed E-state index contributed by atoms with van der Waals surface area (Å²) in [5.74, 6) is 0.561. The number of hydrogen-bond donors (Lipinski definition) is 2. The topological polar surface area (TPSA) is 62.4 Å². The molecule has 0 bridgehead atoms. The van der Waals surface area contributed by atoms with Crippen LogP contribution in [-0.4, -0.2) is 34.7 Å². The van der Waals surface area contributed by atoms with Crippen molar-refractivity contribution in [1.82, 2.24) is 9.88 Å². The lowest BCUT2D eigenvalue weighted by Gasteiger charge is -2.19. The first-order chi connectivity index (χ1) is 7.26. The van der Waals surface area contributed by atoms with E-state index in [1.165, 1.54) is 0 Å². The first-order valence-electron chi connectivity index (χ1n) is 5.31. The van der Waals surface area contributed by atoms with Crippen LogP contribution in [0.15, 0.2) is 18.2 Å². The zero-order valence-corrected chi connectivity index (χ0v) is 9.19. The summed E-state index contributed by atoms with van der Waals surface area (Å²) in [4.78, 5) is 6.48. The molecule has 84 valence electrons. The van der Waals surface area contributed by atoms with E-state index in [4.69, 9.17) is 10.8 Å². The second-order valence-electron chi connectivity index (χ2n) is 3.50. The van der Waals surface area contributed by atoms with Crippen molar-refractivity contribution in [2.75, 3.05) is 25.4 Å². The Hall–Kier alpha value is -1.13. The van der Waals surface area contributed by atoms with Gasteiger partial charge in [-0.2, -0.15) is 0 Å². The molecule has 4 heteroatoms. The average Bonchev–Trinajstić information content (AvgIpc) is 2.24. The summed E-state index contributed by atoms with van der Waals surface area (Å²) in [7, 11) is 0. The molecule has 0 aliphatic heterocycles. The zero-order chi connectivity index (χ0) is 11.1. The Balaban J connectivity index is 2.50. The van der Waals surface area contributed by atoms with Crippen LogP contribution >= 0.6 is 0 Å². The van der Waals surface area contributed by atoms with Crippen molar-refractivity contribution in [2.24, 2.45) is 0 Å². The Kier molecular flexibility index (Phi) is 5.07. The van der Waals surface area contributed by atoms with E-state index >= 15 is 0 Å². The molecule has 0 fully saturated rings. The van der Waals surface area contributed by atoms with E-state index in [0.29, 0.717) is 5.82 Å². The Labute approximate surface area is 90.7 Å². The number of anilines is 1. The molecule has 1 heterocycles. The van der Waals surface area contributed by atoms with Gasteiger partial charge in [-0.25, -0.2) is 4.98 Å². The Morgan fingerprint density at radius 2 is 2.27 bits per heavy atom. The number of nitrogens with two attached hydrogens (primary N) is 1. The largest absolute Gasteiger partial charge is 0.396 e. The lowest BCUT2D eigenvalue weighted by Crippen LogP contribution is -2.25. The van der Waals surface area contributed by atoms with Crippen molar-refractivity contribution in [3.63, 3.8) is 0 Å². The number of nitrogen functional groups attached to an aromatic ring is 1. The lowest BCUT2D eigenvalue weighted by atomic mass is 10.3. The molecule has 0 saturated heterocycles. The van der Waals surface area contributed by atoms with Crippen molar-refractivity contribution in [2.45, 2.75) is 19.9 Å². The molecule has 1 aromatic rings. The van der Waals surface area contributed by atoms with Gasteiger partial charge in [0.25, 0.3) is 0 Å². The maximum Gasteiger partial charge on any atom is 0.123 e. The van der Waals surface area contributed by atoms with E-state index < -0.39 is 0 Å². The smallest absolute Gasteiger partial charge is 0.123 e. The highest BCUT2D eigenvalue weighted by Crippen LogP contribution is 2.04. The fourth-order valence-electron chi connectivity index (χ4n) is 1.46. The third kappa shape index (κ3) is 4.27. The van der Waals surface area contributed by atoms with Gasteiger partial charge in [0.05, 0.1) is 5.69 Å². The molecule has 1 rings (SSSR count). The van der Waals surface area contributed by atoms with Gasteiger partial charge in [0.1, 0.15) is 5.82 Å². The van der Waals surface area contributed by atoms with Crippen LogP contribution in [0.2, 0.25) is 0 Å². The number of aliphatic hydroxyl groups excluding tert-OH is 1. The lowest BCUT2D eigenvalue weighted by molar-refractivity contribution is 0.224. The first-order valence-corrected chi connectivity index (χ1v) is 5.31. The molecule has 0 atom stereocenters. The maximum atomic E-state index is 8.76. The fraction of sp³-hybridized carbons (Fsp3) is 0.545. The highest BCUT2D eigenvalue weighted by atomic mass is 16.3. The molecule has 0 spiro atoms. The van der Waals surface area contributed by atoms with E-state index in [1.54, 1.807) is 6.07 Å². The minimum absolute atomic E-state index is 0.237. The highest BCUT2D eigenvalue weighted by molar-refractivity contribution is 5.28. The van der Waals surface area contributed by atoms with Crippen molar-refractivity contribution in [3.05, 3.63) is 23.9 Å². The molecule has 4 nitrogen and oxygen atoms in total. The van der Waals surface area contributed by atoms with Gasteiger partial charge >= 0.3 is 0 Å². The summed E-state index contributed by atoms with van der Waals surface area (Å²) in [5, 5.41) is 8.76. The van der Waals surface area contributed by atoms with Gasteiger partial charge < -0.3 is 10.8 Å². The minimum atomic E-state index is 0.237. The van der Waals surface area contributed by atoms with Gasteiger partial charge in [-0.1, -0.05) is 13.0 Å². The molecule has 3 N–H and O–H groups in total. The van der Waals surface area contributed by atoms with Gasteiger partial charge in [0.15, 0.2) is 0 Å². The van der Waals surface area contributed by atoms with Gasteiger partial charge in [-0.05, 0) is 25.1 Å². The molecule has 1 aromatic heterocycles. The standard InChI is InChI=1S/C11H19N3O/c1-2-14(7-4-8-15)9-10-5-3-6-11(12)13-10/h3,5-6,15H,2,4,7-9H2,1H3,(H2,12,13). The Morgan fingerprint density at radius 1 is 1.47 bits per heavy atom. The Bertz CT molecular complexity index is 291. The quantitative estimate of drug-likeness (QED) is 0.729. The van der Waals surface area contributed by atoms with E-state index in [9.17, 15) is 0 Å². The third-order valence-corrected chi connectivity index (χ3v) is 2.29. The van der Waals surface area contributed by atoms with Gasteiger partial charge in [-0.3, -0.25) is 4.90 Å². The molecule has 15 heavy (non-hydrogen) atoms. The average molecular weight is 209 g/mol. The van der Waals surface area contributed by atoms with Crippen LogP contribution in [-0.2, 0) is 6.54 Å². The molecule has 0 aromatic carbocycles. The number of rotatable bonds is 6. The van der Waals surface area contributed by atoms with Crippen LogP contribution in [0.3, 0.4) is 0 Å². The van der Waals surface area contributed by atoms with Gasteiger partial charge in [0.2, 0.25) is 0 Å². The summed E-state index contributed by atoms with van der Waals surface area (Å²) < 4.78 is 0. The second-order valence-corrected chi connectivity index (χ2v) is 3.50. The zero-order valence-electron chi connectivity index (χ0n) is 9.19. The van der Waals surface area contributed by atoms with E-state index in [0.717, 1.165) is 31.7 Å². The summed E-state index contributed by atoms with van der Waals surface area (Å²) in [6, 6.07) is 5.67. The summed E-state index contributed by atoms with van der Waals surface area (Å²) in [6.07, 6.45) is 0.802. The van der Waals surface area contributed by atoms with E-state index in [1.807, 2.05) is 12.1 Å². The number of pyridine rings is 1. The third-order valence-electron chi connectivity index (χ3n) is 2.29. The van der Waals surface area contributed by atoms with E-state index in [2.05, 4.69) is 16.8 Å². The maximum absolute atomic E-state index is 8.76. The molecule has 0 amide bonds. The van der Waals surface area contributed by atoms with Crippen LogP contribution in [0.1, 0.15) is 19.0 Å². The molecule has 0 radical (unpaired) electrons. The van der Waals surface area contributed by atoms with Crippen molar-refractivity contribution in [3.8, 4) is 0 Å². The van der Waals surface area contributed by atoms with Gasteiger partial charge in [0, 0.05) is 19.7 Å². The second kappa shape index (κ2) is 6.37.